The Kier molecular flexibility index (Phi) is 5.28. The summed E-state index contributed by atoms with van der Waals surface area (Å²) in [5.74, 6) is 2.44. The normalized spacial score (nSPS) is 16.5. The van der Waals surface area contributed by atoms with E-state index in [0.29, 0.717) is 43.4 Å². The van der Waals surface area contributed by atoms with Crippen LogP contribution in [0.3, 0.4) is 0 Å². The molecule has 0 saturated carbocycles. The summed E-state index contributed by atoms with van der Waals surface area (Å²) < 4.78 is 13.0. The number of likely N-dealkylation sites (tertiary alicyclic amines) is 1. The summed E-state index contributed by atoms with van der Waals surface area (Å²) in [6.07, 6.45) is 4.07. The fourth-order valence-corrected chi connectivity index (χ4v) is 4.27. The predicted molar refractivity (Wildman–Crippen MR) is 113 cm³/mol. The van der Waals surface area contributed by atoms with Crippen LogP contribution in [0.1, 0.15) is 47.8 Å². The molecule has 0 aliphatic carbocycles. The number of piperidine rings is 1. The third-order valence-electron chi connectivity index (χ3n) is 5.98. The number of amides is 1. The van der Waals surface area contributed by atoms with Crippen LogP contribution in [-0.2, 0) is 4.79 Å². The highest BCUT2D eigenvalue weighted by Gasteiger charge is 2.27. The van der Waals surface area contributed by atoms with E-state index in [1.165, 1.54) is 0 Å². The van der Waals surface area contributed by atoms with Gasteiger partial charge in [0.2, 0.25) is 5.91 Å². The lowest BCUT2D eigenvalue weighted by molar-refractivity contribution is -0.132. The van der Waals surface area contributed by atoms with Crippen molar-refractivity contribution in [3.8, 4) is 11.5 Å². The van der Waals surface area contributed by atoms with Gasteiger partial charge in [-0.15, -0.1) is 10.2 Å². The molecule has 1 fully saturated rings. The minimum atomic E-state index is -0.0601. The average Bonchev–Trinajstić information content (AvgIpc) is 3.26. The zero-order valence-electron chi connectivity index (χ0n) is 17.2. The molecular weight excluding hydrogens is 396 g/mol. The smallest absolute Gasteiger partial charge is 0.223 e. The van der Waals surface area contributed by atoms with Gasteiger partial charge in [0.1, 0.15) is 19.0 Å². The summed E-state index contributed by atoms with van der Waals surface area (Å²) in [6.45, 7) is 2.33. The Morgan fingerprint density at radius 3 is 2.61 bits per heavy atom. The summed E-state index contributed by atoms with van der Waals surface area (Å²) >= 11 is 0. The van der Waals surface area contributed by atoms with Gasteiger partial charge < -0.3 is 14.4 Å². The summed E-state index contributed by atoms with van der Waals surface area (Å²) in [5, 5.41) is 8.59. The Morgan fingerprint density at radius 1 is 0.968 bits per heavy atom. The number of pyridine rings is 1. The number of ketones is 1. The molecule has 2 aromatic heterocycles. The van der Waals surface area contributed by atoms with E-state index >= 15 is 0 Å². The number of aromatic nitrogens is 3. The Morgan fingerprint density at radius 2 is 1.77 bits per heavy atom. The van der Waals surface area contributed by atoms with E-state index in [1.54, 1.807) is 18.2 Å². The molecule has 0 atom stereocenters. The molecule has 3 aromatic rings. The van der Waals surface area contributed by atoms with Gasteiger partial charge in [-0.25, -0.2) is 0 Å². The third-order valence-corrected chi connectivity index (χ3v) is 5.98. The first kappa shape index (κ1) is 19.5. The van der Waals surface area contributed by atoms with Crippen LogP contribution in [0.25, 0.3) is 5.65 Å². The number of hydrogen-bond donors (Lipinski definition) is 0. The van der Waals surface area contributed by atoms with Crippen LogP contribution in [-0.4, -0.2) is 57.5 Å². The van der Waals surface area contributed by atoms with Gasteiger partial charge in [0.25, 0.3) is 0 Å². The number of fused-ring (bicyclic) bond motifs is 2. The van der Waals surface area contributed by atoms with E-state index < -0.39 is 0 Å². The van der Waals surface area contributed by atoms with Gasteiger partial charge in [-0.3, -0.25) is 14.0 Å². The molecule has 0 spiro atoms. The van der Waals surface area contributed by atoms with Gasteiger partial charge in [0.05, 0.1) is 0 Å². The lowest BCUT2D eigenvalue weighted by Crippen LogP contribution is -2.38. The van der Waals surface area contributed by atoms with Crippen molar-refractivity contribution in [1.82, 2.24) is 19.5 Å². The van der Waals surface area contributed by atoms with Crippen LogP contribution in [0.15, 0.2) is 42.6 Å². The Labute approximate surface area is 179 Å². The van der Waals surface area contributed by atoms with E-state index in [9.17, 15) is 9.59 Å². The maximum atomic E-state index is 12.7. The minimum absolute atomic E-state index is 0.0236. The van der Waals surface area contributed by atoms with E-state index in [4.69, 9.17) is 9.47 Å². The maximum absolute atomic E-state index is 12.7. The topological polar surface area (TPSA) is 86.0 Å². The lowest BCUT2D eigenvalue weighted by atomic mass is 9.95. The number of carbonyl (C=O) groups is 2. The highest BCUT2D eigenvalue weighted by atomic mass is 16.6. The van der Waals surface area contributed by atoms with Gasteiger partial charge in [0, 0.05) is 43.6 Å². The van der Waals surface area contributed by atoms with Crippen LogP contribution >= 0.6 is 0 Å². The van der Waals surface area contributed by atoms with Gasteiger partial charge in [-0.2, -0.15) is 0 Å². The molecule has 2 aliphatic heterocycles. The molecular formula is C23H24N4O4. The van der Waals surface area contributed by atoms with Gasteiger partial charge in [-0.05, 0) is 43.2 Å². The number of Topliss-reactive ketones (excluding diaryl/α,β-unsaturated/α-hetero) is 1. The standard InChI is InChI=1S/C23H24N4O4/c28-18(17-4-6-19-20(15-17)31-14-13-30-19)5-7-22(29)26-11-8-16(9-12-26)23-25-24-21-3-1-2-10-27(21)23/h1-4,6,10,15-16H,5,7-9,11-14H2. The molecule has 2 aliphatic rings. The van der Waals surface area contributed by atoms with Crippen molar-refractivity contribution in [2.45, 2.75) is 31.6 Å². The molecule has 8 nitrogen and oxygen atoms in total. The number of ether oxygens (including phenoxy) is 2. The fraction of sp³-hybridized carbons (Fsp3) is 0.391. The second kappa shape index (κ2) is 8.37. The SMILES string of the molecule is O=C(CCC(=O)N1CCC(c2nnc3ccccn23)CC1)c1ccc2c(c1)OCCO2. The molecule has 1 saturated heterocycles. The molecule has 1 amide bonds. The van der Waals surface area contributed by atoms with Crippen molar-refractivity contribution in [3.63, 3.8) is 0 Å². The van der Waals surface area contributed by atoms with Crippen LogP contribution in [0, 0.1) is 0 Å². The van der Waals surface area contributed by atoms with E-state index in [0.717, 1.165) is 24.3 Å². The van der Waals surface area contributed by atoms with Crippen molar-refractivity contribution < 1.29 is 19.1 Å². The number of hydrogen-bond acceptors (Lipinski definition) is 6. The second-order valence-corrected chi connectivity index (χ2v) is 7.92. The Balaban J connectivity index is 1.14. The molecule has 4 heterocycles. The first-order chi connectivity index (χ1) is 15.2. The zero-order chi connectivity index (χ0) is 21.2. The third kappa shape index (κ3) is 3.97. The molecule has 0 radical (unpaired) electrons. The molecule has 160 valence electrons. The lowest BCUT2D eigenvalue weighted by Gasteiger charge is -2.31. The quantitative estimate of drug-likeness (QED) is 0.590. The van der Waals surface area contributed by atoms with E-state index in [1.807, 2.05) is 33.7 Å². The van der Waals surface area contributed by atoms with Gasteiger partial charge in [0.15, 0.2) is 22.9 Å². The molecule has 31 heavy (non-hydrogen) atoms. The van der Waals surface area contributed by atoms with Crippen molar-refractivity contribution >= 4 is 17.3 Å². The first-order valence-corrected chi connectivity index (χ1v) is 10.7. The largest absolute Gasteiger partial charge is 0.486 e. The minimum Gasteiger partial charge on any atom is -0.486 e. The van der Waals surface area contributed by atoms with Gasteiger partial charge >= 0.3 is 0 Å². The summed E-state index contributed by atoms with van der Waals surface area (Å²) in [6, 6.07) is 11.0. The van der Waals surface area contributed by atoms with Crippen LogP contribution < -0.4 is 9.47 Å². The molecule has 1 aromatic carbocycles. The molecule has 8 heteroatoms. The average molecular weight is 420 g/mol. The molecule has 0 unspecified atom stereocenters. The first-order valence-electron chi connectivity index (χ1n) is 10.7. The fourth-order valence-electron chi connectivity index (χ4n) is 4.27. The van der Waals surface area contributed by atoms with Crippen molar-refractivity contribution in [1.29, 1.82) is 0 Å². The van der Waals surface area contributed by atoms with Gasteiger partial charge in [-0.1, -0.05) is 6.07 Å². The number of benzene rings is 1. The Hall–Kier alpha value is -3.42. The number of rotatable bonds is 5. The molecule has 5 rings (SSSR count). The Bertz CT molecular complexity index is 1120. The second-order valence-electron chi connectivity index (χ2n) is 7.92. The summed E-state index contributed by atoms with van der Waals surface area (Å²) in [5.41, 5.74) is 1.39. The van der Waals surface area contributed by atoms with Crippen molar-refractivity contribution in [2.24, 2.45) is 0 Å². The van der Waals surface area contributed by atoms with Crippen LogP contribution in [0.5, 0.6) is 11.5 Å². The van der Waals surface area contributed by atoms with E-state index in [2.05, 4.69) is 10.2 Å². The number of nitrogens with zero attached hydrogens (tertiary/aromatic N) is 4. The highest BCUT2D eigenvalue weighted by Crippen LogP contribution is 2.31. The summed E-state index contributed by atoms with van der Waals surface area (Å²) in [7, 11) is 0. The highest BCUT2D eigenvalue weighted by molar-refractivity contribution is 5.98. The number of carbonyl (C=O) groups excluding carboxylic acids is 2. The predicted octanol–water partition coefficient (Wildman–Crippen LogP) is 2.87. The van der Waals surface area contributed by atoms with Crippen molar-refractivity contribution in [3.05, 3.63) is 54.0 Å². The summed E-state index contributed by atoms with van der Waals surface area (Å²) in [4.78, 5) is 27.1. The van der Waals surface area contributed by atoms with Crippen molar-refractivity contribution in [2.75, 3.05) is 26.3 Å². The monoisotopic (exact) mass is 420 g/mol. The molecule has 0 N–H and O–H groups in total. The van der Waals surface area contributed by atoms with Crippen LogP contribution in [0.2, 0.25) is 0 Å². The molecule has 0 bridgehead atoms. The van der Waals surface area contributed by atoms with E-state index in [-0.39, 0.29) is 30.4 Å². The zero-order valence-corrected chi connectivity index (χ0v) is 17.2. The maximum Gasteiger partial charge on any atom is 0.223 e. The van der Waals surface area contributed by atoms with Crippen LogP contribution in [0.4, 0.5) is 0 Å².